The average Bonchev–Trinajstić information content (AvgIpc) is 2.68. The summed E-state index contributed by atoms with van der Waals surface area (Å²) in [5.41, 5.74) is 2.22. The van der Waals surface area contributed by atoms with E-state index in [4.69, 9.17) is 21.1 Å². The molecule has 1 amide bonds. The molecular formula is C20H23ClN2O3. The van der Waals surface area contributed by atoms with Crippen LogP contribution in [0.5, 0.6) is 11.5 Å². The molecule has 2 aromatic rings. The van der Waals surface area contributed by atoms with E-state index < -0.39 is 0 Å². The highest BCUT2D eigenvalue weighted by molar-refractivity contribution is 6.31. The Morgan fingerprint density at radius 3 is 2.42 bits per heavy atom. The number of nitrogens with one attached hydrogen (secondary N) is 1. The molecule has 1 aliphatic rings. The molecule has 1 heterocycles. The fourth-order valence-electron chi connectivity index (χ4n) is 3.19. The van der Waals surface area contributed by atoms with Gasteiger partial charge < -0.3 is 19.7 Å². The van der Waals surface area contributed by atoms with E-state index in [9.17, 15) is 4.79 Å². The smallest absolute Gasteiger partial charge is 0.255 e. The molecule has 2 aromatic carbocycles. The first-order valence-corrected chi connectivity index (χ1v) is 9.08. The number of ether oxygens (including phenoxy) is 2. The summed E-state index contributed by atoms with van der Waals surface area (Å²) in [6.07, 6.45) is 3.56. The van der Waals surface area contributed by atoms with Crippen LogP contribution in [-0.2, 0) is 0 Å². The zero-order valence-electron chi connectivity index (χ0n) is 15.0. The maximum atomic E-state index is 12.8. The van der Waals surface area contributed by atoms with E-state index in [0.717, 1.165) is 37.3 Å². The van der Waals surface area contributed by atoms with Gasteiger partial charge in [0, 0.05) is 23.7 Å². The van der Waals surface area contributed by atoms with E-state index in [1.54, 1.807) is 38.5 Å². The van der Waals surface area contributed by atoms with Gasteiger partial charge in [0.25, 0.3) is 5.91 Å². The lowest BCUT2D eigenvalue weighted by atomic mass is 10.1. The molecule has 0 aliphatic carbocycles. The van der Waals surface area contributed by atoms with Crippen molar-refractivity contribution in [2.45, 2.75) is 19.3 Å². The monoisotopic (exact) mass is 374 g/mol. The number of nitrogens with zero attached hydrogens (tertiary/aromatic N) is 1. The summed E-state index contributed by atoms with van der Waals surface area (Å²) in [5.74, 6) is 0.884. The highest BCUT2D eigenvalue weighted by atomic mass is 35.5. The van der Waals surface area contributed by atoms with Crippen molar-refractivity contribution < 1.29 is 14.3 Å². The molecule has 26 heavy (non-hydrogen) atoms. The number of halogens is 1. The molecule has 1 saturated heterocycles. The summed E-state index contributed by atoms with van der Waals surface area (Å²) in [5, 5.41) is 3.58. The molecule has 1 fully saturated rings. The number of hydrogen-bond donors (Lipinski definition) is 1. The van der Waals surface area contributed by atoms with E-state index in [0.29, 0.717) is 22.1 Å². The molecule has 1 aliphatic heterocycles. The van der Waals surface area contributed by atoms with Gasteiger partial charge >= 0.3 is 0 Å². The second-order valence-corrected chi connectivity index (χ2v) is 6.67. The van der Waals surface area contributed by atoms with Gasteiger partial charge in [-0.15, -0.1) is 0 Å². The lowest BCUT2D eigenvalue weighted by Gasteiger charge is -2.30. The normalized spacial score (nSPS) is 14.0. The van der Waals surface area contributed by atoms with Crippen molar-refractivity contribution in [1.82, 2.24) is 0 Å². The van der Waals surface area contributed by atoms with Crippen molar-refractivity contribution in [3.8, 4) is 11.5 Å². The second kappa shape index (κ2) is 8.32. The Morgan fingerprint density at radius 2 is 1.73 bits per heavy atom. The van der Waals surface area contributed by atoms with Gasteiger partial charge in [-0.2, -0.15) is 0 Å². The summed E-state index contributed by atoms with van der Waals surface area (Å²) in [6, 6.07) is 10.7. The lowest BCUT2D eigenvalue weighted by molar-refractivity contribution is 0.102. The van der Waals surface area contributed by atoms with E-state index in [1.165, 1.54) is 6.42 Å². The molecule has 0 atom stereocenters. The minimum atomic E-state index is -0.216. The summed E-state index contributed by atoms with van der Waals surface area (Å²) in [6.45, 7) is 1.97. The Kier molecular flexibility index (Phi) is 5.89. The van der Waals surface area contributed by atoms with Crippen LogP contribution in [0.3, 0.4) is 0 Å². The van der Waals surface area contributed by atoms with Crippen LogP contribution in [0.1, 0.15) is 29.6 Å². The first-order valence-electron chi connectivity index (χ1n) is 8.70. The van der Waals surface area contributed by atoms with Gasteiger partial charge in [0.2, 0.25) is 0 Å². The standard InChI is InChI=1S/C20H23ClN2O3/c1-25-18-9-6-14(12-19(18)26-2)20(24)22-16-13-15(21)7-8-17(16)23-10-4-3-5-11-23/h6-9,12-13H,3-5,10-11H2,1-2H3,(H,22,24). The van der Waals surface area contributed by atoms with Crippen LogP contribution in [0, 0.1) is 0 Å². The summed E-state index contributed by atoms with van der Waals surface area (Å²) >= 11 is 6.17. The molecular weight excluding hydrogens is 352 g/mol. The van der Waals surface area contributed by atoms with E-state index >= 15 is 0 Å². The van der Waals surface area contributed by atoms with Gasteiger partial charge in [0.1, 0.15) is 0 Å². The van der Waals surface area contributed by atoms with Gasteiger partial charge in [-0.1, -0.05) is 11.6 Å². The zero-order chi connectivity index (χ0) is 18.5. The fourth-order valence-corrected chi connectivity index (χ4v) is 3.36. The van der Waals surface area contributed by atoms with Crippen molar-refractivity contribution in [2.24, 2.45) is 0 Å². The van der Waals surface area contributed by atoms with Crippen LogP contribution in [0.4, 0.5) is 11.4 Å². The van der Waals surface area contributed by atoms with E-state index in [2.05, 4.69) is 10.2 Å². The summed E-state index contributed by atoms with van der Waals surface area (Å²) in [4.78, 5) is 15.1. The van der Waals surface area contributed by atoms with Crippen molar-refractivity contribution in [1.29, 1.82) is 0 Å². The van der Waals surface area contributed by atoms with Crippen molar-refractivity contribution in [2.75, 3.05) is 37.5 Å². The van der Waals surface area contributed by atoms with Gasteiger partial charge in [-0.05, 0) is 55.7 Å². The third-order valence-corrected chi connectivity index (χ3v) is 4.78. The molecule has 0 aromatic heterocycles. The number of piperidine rings is 1. The number of benzene rings is 2. The van der Waals surface area contributed by atoms with Gasteiger partial charge in [0.15, 0.2) is 11.5 Å². The lowest BCUT2D eigenvalue weighted by Crippen LogP contribution is -2.30. The highest BCUT2D eigenvalue weighted by Gasteiger charge is 2.18. The highest BCUT2D eigenvalue weighted by Crippen LogP contribution is 2.32. The fraction of sp³-hybridized carbons (Fsp3) is 0.350. The number of carbonyl (C=O) groups is 1. The zero-order valence-corrected chi connectivity index (χ0v) is 15.8. The number of carbonyl (C=O) groups excluding carboxylic acids is 1. The molecule has 5 nitrogen and oxygen atoms in total. The molecule has 0 saturated carbocycles. The minimum absolute atomic E-state index is 0.216. The molecule has 0 radical (unpaired) electrons. The van der Waals surface area contributed by atoms with Crippen molar-refractivity contribution in [3.05, 3.63) is 47.0 Å². The molecule has 6 heteroatoms. The molecule has 0 unspecified atom stereocenters. The third kappa shape index (κ3) is 4.05. The van der Waals surface area contributed by atoms with Crippen LogP contribution >= 0.6 is 11.6 Å². The van der Waals surface area contributed by atoms with Crippen LogP contribution in [-0.4, -0.2) is 33.2 Å². The number of anilines is 2. The van der Waals surface area contributed by atoms with Gasteiger partial charge in [-0.3, -0.25) is 4.79 Å². The average molecular weight is 375 g/mol. The second-order valence-electron chi connectivity index (χ2n) is 6.23. The van der Waals surface area contributed by atoms with Crippen LogP contribution in [0.25, 0.3) is 0 Å². The minimum Gasteiger partial charge on any atom is -0.493 e. The first kappa shape index (κ1) is 18.4. The summed E-state index contributed by atoms with van der Waals surface area (Å²) in [7, 11) is 3.11. The van der Waals surface area contributed by atoms with Crippen LogP contribution < -0.4 is 19.7 Å². The maximum Gasteiger partial charge on any atom is 0.255 e. The van der Waals surface area contributed by atoms with E-state index in [-0.39, 0.29) is 5.91 Å². The first-order chi connectivity index (χ1) is 12.6. The van der Waals surface area contributed by atoms with Crippen molar-refractivity contribution in [3.63, 3.8) is 0 Å². The maximum absolute atomic E-state index is 12.8. The van der Waals surface area contributed by atoms with Crippen molar-refractivity contribution >= 4 is 28.9 Å². The molecule has 3 rings (SSSR count). The van der Waals surface area contributed by atoms with Gasteiger partial charge in [0.05, 0.1) is 25.6 Å². The Morgan fingerprint density at radius 1 is 1.00 bits per heavy atom. The molecule has 138 valence electrons. The van der Waals surface area contributed by atoms with E-state index in [1.807, 2.05) is 12.1 Å². The number of rotatable bonds is 5. The topological polar surface area (TPSA) is 50.8 Å². The van der Waals surface area contributed by atoms with Crippen LogP contribution in [0.2, 0.25) is 5.02 Å². The Labute approximate surface area is 158 Å². The number of hydrogen-bond acceptors (Lipinski definition) is 4. The number of methoxy groups -OCH3 is 2. The molecule has 0 bridgehead atoms. The Balaban J connectivity index is 1.86. The predicted molar refractivity (Wildman–Crippen MR) is 105 cm³/mol. The van der Waals surface area contributed by atoms with Crippen LogP contribution in [0.15, 0.2) is 36.4 Å². The number of amides is 1. The predicted octanol–water partition coefficient (Wildman–Crippen LogP) is 4.60. The summed E-state index contributed by atoms with van der Waals surface area (Å²) < 4.78 is 10.5. The Hall–Kier alpha value is -2.40. The quantitative estimate of drug-likeness (QED) is 0.830. The van der Waals surface area contributed by atoms with Gasteiger partial charge in [-0.25, -0.2) is 0 Å². The third-order valence-electron chi connectivity index (χ3n) is 4.55. The Bertz CT molecular complexity index is 789. The largest absolute Gasteiger partial charge is 0.493 e. The molecule has 0 spiro atoms. The SMILES string of the molecule is COc1ccc(C(=O)Nc2cc(Cl)ccc2N2CCCCC2)cc1OC. The molecule has 1 N–H and O–H groups in total.